The highest BCUT2D eigenvalue weighted by molar-refractivity contribution is 5.90. The first-order chi connectivity index (χ1) is 13.0. The van der Waals surface area contributed by atoms with Crippen molar-refractivity contribution in [3.05, 3.63) is 59.9 Å². The van der Waals surface area contributed by atoms with E-state index in [0.717, 1.165) is 12.1 Å². The summed E-state index contributed by atoms with van der Waals surface area (Å²) in [5, 5.41) is 2.83. The van der Waals surface area contributed by atoms with Gasteiger partial charge in [0.1, 0.15) is 0 Å². The molecule has 0 radical (unpaired) electrons. The Morgan fingerprint density at radius 2 is 2.11 bits per heavy atom. The molecule has 1 aliphatic heterocycles. The number of anilines is 1. The molecule has 1 N–H and O–H groups in total. The third kappa shape index (κ3) is 5.14. The Labute approximate surface area is 160 Å². The van der Waals surface area contributed by atoms with Gasteiger partial charge >= 0.3 is 0 Å². The molecule has 2 heterocycles. The summed E-state index contributed by atoms with van der Waals surface area (Å²) in [5.41, 5.74) is 3.04. The van der Waals surface area contributed by atoms with Crippen LogP contribution in [0.3, 0.4) is 0 Å². The zero-order valence-electron chi connectivity index (χ0n) is 15.9. The van der Waals surface area contributed by atoms with Gasteiger partial charge in [0.15, 0.2) is 0 Å². The number of carbonyl (C=O) groups is 2. The summed E-state index contributed by atoms with van der Waals surface area (Å²) in [6, 6.07) is 11.6. The van der Waals surface area contributed by atoms with Gasteiger partial charge in [-0.05, 0) is 31.5 Å². The number of aryl methyl sites for hydroxylation is 1. The summed E-state index contributed by atoms with van der Waals surface area (Å²) in [5.74, 6) is 0.0558. The summed E-state index contributed by atoms with van der Waals surface area (Å²) < 4.78 is 0. The minimum Gasteiger partial charge on any atom is -0.336 e. The average molecular weight is 366 g/mol. The highest BCUT2D eigenvalue weighted by Crippen LogP contribution is 2.16. The van der Waals surface area contributed by atoms with Crippen LogP contribution in [0.25, 0.3) is 0 Å². The third-order valence-electron chi connectivity index (χ3n) is 4.90. The van der Waals surface area contributed by atoms with Gasteiger partial charge in [0.25, 0.3) is 0 Å². The van der Waals surface area contributed by atoms with Gasteiger partial charge in [-0.25, -0.2) is 0 Å². The Kier molecular flexibility index (Phi) is 6.19. The Balaban J connectivity index is 1.50. The van der Waals surface area contributed by atoms with Crippen LogP contribution < -0.4 is 5.32 Å². The highest BCUT2D eigenvalue weighted by atomic mass is 16.2. The van der Waals surface area contributed by atoms with Crippen molar-refractivity contribution < 1.29 is 9.59 Å². The van der Waals surface area contributed by atoms with E-state index >= 15 is 0 Å². The van der Waals surface area contributed by atoms with Crippen LogP contribution in [0.1, 0.15) is 24.5 Å². The van der Waals surface area contributed by atoms with Crippen LogP contribution in [0.4, 0.5) is 5.69 Å². The molecule has 0 aliphatic carbocycles. The number of hydrogen-bond donors (Lipinski definition) is 1. The average Bonchev–Trinajstić information content (AvgIpc) is 2.66. The number of piperazine rings is 1. The molecular formula is C21H26N4O2. The van der Waals surface area contributed by atoms with Crippen LogP contribution in [-0.2, 0) is 16.1 Å². The third-order valence-corrected chi connectivity index (χ3v) is 4.90. The van der Waals surface area contributed by atoms with Crippen LogP contribution in [0, 0.1) is 6.92 Å². The van der Waals surface area contributed by atoms with Gasteiger partial charge in [0, 0.05) is 38.8 Å². The topological polar surface area (TPSA) is 65.5 Å². The number of benzene rings is 1. The Bertz CT molecular complexity index is 794. The molecule has 2 amide bonds. The lowest BCUT2D eigenvalue weighted by Gasteiger charge is -2.39. The molecule has 142 valence electrons. The molecule has 1 aromatic heterocycles. The highest BCUT2D eigenvalue weighted by Gasteiger charge is 2.31. The minimum atomic E-state index is -0.213. The second kappa shape index (κ2) is 8.77. The van der Waals surface area contributed by atoms with Gasteiger partial charge in [-0.3, -0.25) is 19.5 Å². The van der Waals surface area contributed by atoms with Crippen LogP contribution in [0.2, 0.25) is 0 Å². The first-order valence-corrected chi connectivity index (χ1v) is 9.31. The maximum absolute atomic E-state index is 12.7. The number of nitrogens with one attached hydrogen (secondary N) is 1. The normalized spacial score (nSPS) is 17.8. The molecule has 3 rings (SSSR count). The maximum atomic E-state index is 12.7. The predicted octanol–water partition coefficient (Wildman–Crippen LogP) is 2.45. The van der Waals surface area contributed by atoms with E-state index in [9.17, 15) is 9.59 Å². The van der Waals surface area contributed by atoms with E-state index in [4.69, 9.17) is 0 Å². The second-order valence-electron chi connectivity index (χ2n) is 7.00. The van der Waals surface area contributed by atoms with E-state index in [2.05, 4.69) is 40.3 Å². The second-order valence-corrected chi connectivity index (χ2v) is 7.00. The van der Waals surface area contributed by atoms with E-state index in [1.165, 1.54) is 5.56 Å². The van der Waals surface area contributed by atoms with Crippen molar-refractivity contribution in [2.24, 2.45) is 0 Å². The smallest absolute Gasteiger partial charge is 0.239 e. The molecule has 6 heteroatoms. The van der Waals surface area contributed by atoms with Crippen LogP contribution in [0.5, 0.6) is 0 Å². The number of nitrogens with zero attached hydrogens (tertiary/aromatic N) is 3. The van der Waals surface area contributed by atoms with Crippen LogP contribution in [-0.4, -0.2) is 52.3 Å². The van der Waals surface area contributed by atoms with Gasteiger partial charge < -0.3 is 10.2 Å². The Hall–Kier alpha value is -2.73. The van der Waals surface area contributed by atoms with E-state index in [1.807, 2.05) is 17.9 Å². The lowest BCUT2D eigenvalue weighted by molar-refractivity contribution is -0.142. The molecule has 2 aromatic rings. The van der Waals surface area contributed by atoms with E-state index in [-0.39, 0.29) is 17.9 Å². The van der Waals surface area contributed by atoms with Crippen molar-refractivity contribution in [1.29, 1.82) is 0 Å². The quantitative estimate of drug-likeness (QED) is 0.853. The zero-order valence-corrected chi connectivity index (χ0v) is 15.9. The number of hydrogen-bond acceptors (Lipinski definition) is 4. The van der Waals surface area contributed by atoms with Crippen molar-refractivity contribution in [1.82, 2.24) is 14.8 Å². The molecule has 1 saturated heterocycles. The van der Waals surface area contributed by atoms with Gasteiger partial charge in [-0.2, -0.15) is 0 Å². The number of aromatic nitrogens is 1. The largest absolute Gasteiger partial charge is 0.336 e. The minimum absolute atomic E-state index is 0.0650. The molecule has 0 saturated carbocycles. The van der Waals surface area contributed by atoms with Crippen molar-refractivity contribution >= 4 is 17.5 Å². The molecule has 0 unspecified atom stereocenters. The lowest BCUT2D eigenvalue weighted by atomic mass is 10.1. The Morgan fingerprint density at radius 1 is 1.26 bits per heavy atom. The monoisotopic (exact) mass is 366 g/mol. The first-order valence-electron chi connectivity index (χ1n) is 9.31. The van der Waals surface area contributed by atoms with Crippen molar-refractivity contribution in [2.75, 3.05) is 25.0 Å². The van der Waals surface area contributed by atoms with Crippen molar-refractivity contribution in [2.45, 2.75) is 32.9 Å². The zero-order chi connectivity index (χ0) is 19.2. The van der Waals surface area contributed by atoms with E-state index < -0.39 is 0 Å². The Morgan fingerprint density at radius 3 is 2.85 bits per heavy atom. The summed E-state index contributed by atoms with van der Waals surface area (Å²) >= 11 is 0. The fourth-order valence-corrected chi connectivity index (χ4v) is 3.37. The van der Waals surface area contributed by atoms with Gasteiger partial charge in [0.05, 0.1) is 17.9 Å². The number of rotatable bonds is 6. The summed E-state index contributed by atoms with van der Waals surface area (Å²) in [4.78, 5) is 32.8. The molecule has 1 aromatic carbocycles. The van der Waals surface area contributed by atoms with Gasteiger partial charge in [0.2, 0.25) is 11.8 Å². The number of amides is 2. The van der Waals surface area contributed by atoms with Gasteiger partial charge in [-0.1, -0.05) is 29.8 Å². The predicted molar refractivity (Wildman–Crippen MR) is 105 cm³/mol. The first kappa shape index (κ1) is 19.0. The fraction of sp³-hybridized carbons (Fsp3) is 0.381. The van der Waals surface area contributed by atoms with E-state index in [1.54, 1.807) is 24.5 Å². The fourth-order valence-electron chi connectivity index (χ4n) is 3.37. The molecule has 1 atom stereocenters. The molecule has 6 nitrogen and oxygen atoms in total. The van der Waals surface area contributed by atoms with Crippen molar-refractivity contribution in [3.8, 4) is 0 Å². The van der Waals surface area contributed by atoms with Gasteiger partial charge in [-0.15, -0.1) is 0 Å². The molecule has 0 bridgehead atoms. The molecular weight excluding hydrogens is 340 g/mol. The van der Waals surface area contributed by atoms with Crippen LogP contribution in [0.15, 0.2) is 48.8 Å². The molecule has 1 fully saturated rings. The summed E-state index contributed by atoms with van der Waals surface area (Å²) in [7, 11) is 0. The lowest BCUT2D eigenvalue weighted by Crippen LogP contribution is -2.55. The van der Waals surface area contributed by atoms with E-state index in [0.29, 0.717) is 31.7 Å². The number of carbonyl (C=O) groups excluding carboxylic acids is 2. The van der Waals surface area contributed by atoms with Crippen molar-refractivity contribution in [3.63, 3.8) is 0 Å². The molecule has 27 heavy (non-hydrogen) atoms. The summed E-state index contributed by atoms with van der Waals surface area (Å²) in [6.45, 7) is 6.64. The standard InChI is InChI=1S/C21H26N4O2/c1-16-5-3-6-18(13-16)15-25-12-11-24(17(2)21(25)27)10-8-20(26)23-19-7-4-9-22-14-19/h3-7,9,13-14,17H,8,10-12,15H2,1-2H3,(H,23,26)/t17-/m1/s1. The SMILES string of the molecule is Cc1cccc(CN2CCN(CCC(=O)Nc3cccnc3)[C@H](C)C2=O)c1. The molecule has 1 aliphatic rings. The summed E-state index contributed by atoms with van der Waals surface area (Å²) in [6.07, 6.45) is 3.64. The number of pyridine rings is 1. The molecule has 0 spiro atoms. The van der Waals surface area contributed by atoms with Crippen LogP contribution >= 0.6 is 0 Å². The maximum Gasteiger partial charge on any atom is 0.239 e.